The molecule has 0 spiro atoms. The lowest BCUT2D eigenvalue weighted by atomic mass is 10.0. The van der Waals surface area contributed by atoms with Crippen molar-refractivity contribution < 1.29 is 45.6 Å². The van der Waals surface area contributed by atoms with E-state index in [1.54, 1.807) is 0 Å². The Morgan fingerprint density at radius 1 is 0.714 bits per heavy atom. The first-order valence-corrected chi connectivity index (χ1v) is 5.77. The van der Waals surface area contributed by atoms with Gasteiger partial charge in [-0.25, -0.2) is 0 Å². The number of allylic oxidation sites excluding steroid dienone is 2. The van der Waals surface area contributed by atoms with Gasteiger partial charge in [0.05, 0.1) is 12.8 Å². The van der Waals surface area contributed by atoms with Crippen LogP contribution in [0.5, 0.6) is 0 Å². The first-order valence-electron chi connectivity index (χ1n) is 5.77. The lowest BCUT2D eigenvalue weighted by Crippen LogP contribution is -2.35. The van der Waals surface area contributed by atoms with Crippen molar-refractivity contribution in [2.24, 2.45) is 0 Å². The summed E-state index contributed by atoms with van der Waals surface area (Å²) >= 11 is 0. The fourth-order valence-electron chi connectivity index (χ4n) is 1.76. The van der Waals surface area contributed by atoms with Crippen molar-refractivity contribution in [3.8, 4) is 0 Å². The Hall–Kier alpha value is -2.20. The molecule has 2 aliphatic rings. The Kier molecular flexibility index (Phi) is 3.38. The van der Waals surface area contributed by atoms with Crippen LogP contribution in [-0.2, 0) is 4.74 Å². The van der Waals surface area contributed by atoms with Crippen molar-refractivity contribution in [2.45, 2.75) is 24.4 Å². The van der Waals surface area contributed by atoms with Crippen molar-refractivity contribution in [1.29, 1.82) is 0 Å². The van der Waals surface area contributed by atoms with Crippen molar-refractivity contribution >= 4 is 0 Å². The molecule has 8 N–H and O–H groups in total. The summed E-state index contributed by atoms with van der Waals surface area (Å²) < 4.78 is 5.03. The average Bonchev–Trinajstić information content (AvgIpc) is 2.32. The molecule has 0 aromatic rings. The summed E-state index contributed by atoms with van der Waals surface area (Å²) in [6, 6.07) is 0. The van der Waals surface area contributed by atoms with Crippen LogP contribution in [0.3, 0.4) is 0 Å². The van der Waals surface area contributed by atoms with E-state index in [1.807, 2.05) is 0 Å². The van der Waals surface area contributed by atoms with Gasteiger partial charge >= 0.3 is 0 Å². The largest absolute Gasteiger partial charge is 0.508 e. The molecular formula is C12H14O9. The normalized spacial score (nSPS) is 24.6. The number of hydrogen-bond donors (Lipinski definition) is 8. The maximum absolute atomic E-state index is 9.60. The van der Waals surface area contributed by atoms with Crippen LogP contribution in [0.1, 0.15) is 12.8 Å². The smallest absolute Gasteiger partial charge is 0.230 e. The summed E-state index contributed by atoms with van der Waals surface area (Å²) in [4.78, 5) is 0. The molecule has 0 unspecified atom stereocenters. The van der Waals surface area contributed by atoms with Crippen LogP contribution in [0.4, 0.5) is 0 Å². The van der Waals surface area contributed by atoms with E-state index < -0.39 is 59.0 Å². The topological polar surface area (TPSA) is 171 Å². The Labute approximate surface area is 117 Å². The van der Waals surface area contributed by atoms with Crippen molar-refractivity contribution in [1.82, 2.24) is 0 Å². The van der Waals surface area contributed by atoms with Crippen LogP contribution in [0.2, 0.25) is 0 Å². The fraction of sp³-hybridized carbons (Fsp3) is 0.333. The van der Waals surface area contributed by atoms with E-state index in [0.717, 1.165) is 0 Å². The second-order valence-corrected chi connectivity index (χ2v) is 4.77. The molecule has 0 amide bonds. The van der Waals surface area contributed by atoms with Gasteiger partial charge in [-0.15, -0.1) is 0 Å². The van der Waals surface area contributed by atoms with Gasteiger partial charge in [0, 0.05) is 12.2 Å². The fourth-order valence-corrected chi connectivity index (χ4v) is 1.76. The van der Waals surface area contributed by atoms with E-state index in [-0.39, 0.29) is 0 Å². The first kappa shape index (κ1) is 15.2. The van der Waals surface area contributed by atoms with Gasteiger partial charge in [-0.2, -0.15) is 0 Å². The van der Waals surface area contributed by atoms with Crippen LogP contribution in [-0.4, -0.2) is 52.4 Å². The summed E-state index contributed by atoms with van der Waals surface area (Å²) in [5.74, 6) is -9.12. The Bertz CT molecular complexity index is 540. The second-order valence-electron chi connectivity index (χ2n) is 4.77. The van der Waals surface area contributed by atoms with E-state index in [4.69, 9.17) is 4.74 Å². The summed E-state index contributed by atoms with van der Waals surface area (Å²) in [5.41, 5.74) is 0. The van der Waals surface area contributed by atoms with E-state index in [9.17, 15) is 40.9 Å². The van der Waals surface area contributed by atoms with Crippen molar-refractivity contribution in [3.63, 3.8) is 0 Å². The zero-order chi connectivity index (χ0) is 16.0. The van der Waals surface area contributed by atoms with E-state index in [0.29, 0.717) is 12.2 Å². The zero-order valence-corrected chi connectivity index (χ0v) is 10.6. The van der Waals surface area contributed by atoms with Gasteiger partial charge in [-0.3, -0.25) is 0 Å². The quantitative estimate of drug-likeness (QED) is 0.316. The summed E-state index contributed by atoms with van der Waals surface area (Å²) in [6.07, 6.45) is -0.0792. The Balaban J connectivity index is 2.28. The SMILES string of the molecule is OC1=CC(OC2=C(O)CC(O)(O)C(O)=C2)=C(O)CC1(O)O. The molecule has 0 saturated heterocycles. The zero-order valence-electron chi connectivity index (χ0n) is 10.6. The monoisotopic (exact) mass is 302 g/mol. The molecule has 0 bridgehead atoms. The molecule has 2 rings (SSSR count). The molecule has 0 radical (unpaired) electrons. The van der Waals surface area contributed by atoms with Gasteiger partial charge in [0.2, 0.25) is 11.6 Å². The maximum atomic E-state index is 9.60. The molecule has 0 aromatic carbocycles. The highest BCUT2D eigenvalue weighted by Gasteiger charge is 2.38. The van der Waals surface area contributed by atoms with Crippen LogP contribution >= 0.6 is 0 Å². The lowest BCUT2D eigenvalue weighted by molar-refractivity contribution is -0.158. The minimum atomic E-state index is -2.64. The van der Waals surface area contributed by atoms with Gasteiger partial charge in [-0.1, -0.05) is 0 Å². The Morgan fingerprint density at radius 3 is 1.38 bits per heavy atom. The van der Waals surface area contributed by atoms with Crippen molar-refractivity contribution in [3.05, 3.63) is 46.7 Å². The molecule has 0 atom stereocenters. The maximum Gasteiger partial charge on any atom is 0.230 e. The molecular weight excluding hydrogens is 288 g/mol. The van der Waals surface area contributed by atoms with Crippen LogP contribution in [0.25, 0.3) is 0 Å². The van der Waals surface area contributed by atoms with Crippen LogP contribution in [0, 0.1) is 0 Å². The minimum Gasteiger partial charge on any atom is -0.508 e. The molecule has 21 heavy (non-hydrogen) atoms. The second kappa shape index (κ2) is 4.67. The molecule has 116 valence electrons. The average molecular weight is 302 g/mol. The number of aliphatic hydroxyl groups is 8. The molecule has 9 nitrogen and oxygen atoms in total. The highest BCUT2D eigenvalue weighted by atomic mass is 16.5. The molecule has 0 aliphatic heterocycles. The molecule has 2 aliphatic carbocycles. The van der Waals surface area contributed by atoms with E-state index in [2.05, 4.69) is 0 Å². The standard InChI is InChI=1S/C12H14O9/c13-5-3-11(17,18)9(15)1-7(5)21-8-2-10(16)12(19,20)4-6(8)14/h1-2,13-20H,3-4H2. The molecule has 9 heteroatoms. The van der Waals surface area contributed by atoms with Gasteiger partial charge in [0.25, 0.3) is 0 Å². The van der Waals surface area contributed by atoms with Gasteiger partial charge in [0.15, 0.2) is 23.0 Å². The predicted molar refractivity (Wildman–Crippen MR) is 65.4 cm³/mol. The summed E-state index contributed by atoms with van der Waals surface area (Å²) in [7, 11) is 0. The highest BCUT2D eigenvalue weighted by molar-refractivity contribution is 5.34. The van der Waals surface area contributed by atoms with Crippen LogP contribution in [0.15, 0.2) is 46.7 Å². The van der Waals surface area contributed by atoms with Gasteiger partial charge in [-0.05, 0) is 0 Å². The number of ether oxygens (including phenoxy) is 1. The molecule has 0 fully saturated rings. The number of aliphatic hydroxyl groups excluding tert-OH is 4. The molecule has 0 saturated carbocycles. The number of rotatable bonds is 2. The third-order valence-corrected chi connectivity index (χ3v) is 2.97. The van der Waals surface area contributed by atoms with Crippen LogP contribution < -0.4 is 0 Å². The molecule has 0 aromatic heterocycles. The number of hydrogen-bond acceptors (Lipinski definition) is 9. The summed E-state index contributed by atoms with van der Waals surface area (Å²) in [5, 5.41) is 75.2. The highest BCUT2D eigenvalue weighted by Crippen LogP contribution is 2.34. The van der Waals surface area contributed by atoms with Gasteiger partial charge < -0.3 is 45.6 Å². The van der Waals surface area contributed by atoms with Crippen molar-refractivity contribution in [2.75, 3.05) is 0 Å². The van der Waals surface area contributed by atoms with Gasteiger partial charge in [0.1, 0.15) is 11.5 Å². The predicted octanol–water partition coefficient (Wildman–Crippen LogP) is -0.405. The minimum absolute atomic E-state index is 0.403. The Morgan fingerprint density at radius 2 is 1.05 bits per heavy atom. The third-order valence-electron chi connectivity index (χ3n) is 2.97. The summed E-state index contributed by atoms with van der Waals surface area (Å²) in [6.45, 7) is 0. The first-order chi connectivity index (χ1) is 9.53. The third kappa shape index (κ3) is 2.81. The van der Waals surface area contributed by atoms with E-state index in [1.165, 1.54) is 0 Å². The molecule has 0 heterocycles. The lowest BCUT2D eigenvalue weighted by Gasteiger charge is -2.28. The van der Waals surface area contributed by atoms with E-state index >= 15 is 0 Å².